The van der Waals surface area contributed by atoms with Crippen molar-refractivity contribution < 1.29 is 13.2 Å². The second-order valence-electron chi connectivity index (χ2n) is 6.04. The van der Waals surface area contributed by atoms with Gasteiger partial charge in [0.15, 0.2) is 5.84 Å². The average Bonchev–Trinajstić information content (AvgIpc) is 2.49. The molecule has 0 spiro atoms. The third kappa shape index (κ3) is 3.12. The molecule has 2 aliphatic rings. The zero-order chi connectivity index (χ0) is 17.5. The number of nitrogens with zero attached hydrogens (tertiary/aromatic N) is 2. The van der Waals surface area contributed by atoms with Gasteiger partial charge in [0, 0.05) is 18.4 Å². The van der Waals surface area contributed by atoms with Crippen LogP contribution in [0.15, 0.2) is 40.5 Å². The smallest absolute Gasteiger partial charge is 0.259 e. The largest absolute Gasteiger partial charge is 0.331 e. The van der Waals surface area contributed by atoms with Crippen LogP contribution in [0.4, 0.5) is 5.69 Å². The molecule has 0 aliphatic carbocycles. The summed E-state index contributed by atoms with van der Waals surface area (Å²) in [5, 5.41) is 2.89. The van der Waals surface area contributed by atoms with E-state index in [9.17, 15) is 13.2 Å². The van der Waals surface area contributed by atoms with Gasteiger partial charge >= 0.3 is 0 Å². The summed E-state index contributed by atoms with van der Waals surface area (Å²) in [6, 6.07) is 3.99. The lowest BCUT2D eigenvalue weighted by molar-refractivity contribution is -0.112. The number of amidine groups is 1. The highest BCUT2D eigenvalue weighted by Gasteiger charge is 2.30. The van der Waals surface area contributed by atoms with E-state index in [0.29, 0.717) is 6.54 Å². The number of anilines is 1. The van der Waals surface area contributed by atoms with Crippen molar-refractivity contribution in [3.63, 3.8) is 0 Å². The number of benzene rings is 1. The monoisotopic (exact) mass is 345 g/mol. The van der Waals surface area contributed by atoms with Crippen molar-refractivity contribution in [1.29, 1.82) is 0 Å². The Bertz CT molecular complexity index is 888. The predicted molar refractivity (Wildman–Crippen MR) is 94.4 cm³/mol. The van der Waals surface area contributed by atoms with E-state index in [1.165, 1.54) is 0 Å². The second kappa shape index (κ2) is 5.90. The van der Waals surface area contributed by atoms with E-state index in [1.54, 1.807) is 23.3 Å². The van der Waals surface area contributed by atoms with Crippen molar-refractivity contribution in [3.8, 4) is 0 Å². The Hall–Kier alpha value is -2.41. The lowest BCUT2D eigenvalue weighted by Gasteiger charge is -2.28. The minimum Gasteiger partial charge on any atom is -0.331 e. The molecule has 1 N–H and O–H groups in total. The van der Waals surface area contributed by atoms with Gasteiger partial charge in [-0.25, -0.2) is 8.42 Å². The van der Waals surface area contributed by atoms with E-state index in [4.69, 9.17) is 0 Å². The van der Waals surface area contributed by atoms with Crippen molar-refractivity contribution in [2.45, 2.75) is 20.8 Å². The van der Waals surface area contributed by atoms with Crippen LogP contribution >= 0.6 is 0 Å². The van der Waals surface area contributed by atoms with Crippen LogP contribution in [0.1, 0.15) is 16.7 Å². The fraction of sp³-hybridized carbons (Fsp3) is 0.294. The van der Waals surface area contributed by atoms with Crippen LogP contribution in [-0.2, 0) is 14.8 Å². The van der Waals surface area contributed by atoms with E-state index < -0.39 is 10.0 Å². The summed E-state index contributed by atoms with van der Waals surface area (Å²) >= 11 is 0. The number of fused-ring (bicyclic) bond motifs is 1. The average molecular weight is 345 g/mol. The molecule has 2 aliphatic heterocycles. The highest BCUT2D eigenvalue weighted by Crippen LogP contribution is 2.24. The standard InChI is InChI=1S/C17H19N3O3S/c1-11-9-12(2)15(13(3)10-11)18-17(21)14-5-4-6-20-7-8-24(22,23)19-16(14)20/h4-6,9-10H,7-8H2,1-3H3,(H,18,21). The third-order valence-corrected chi connectivity index (χ3v) is 5.17. The second-order valence-corrected chi connectivity index (χ2v) is 7.80. The van der Waals surface area contributed by atoms with Gasteiger partial charge in [0.25, 0.3) is 15.9 Å². The van der Waals surface area contributed by atoms with Crippen LogP contribution in [0.5, 0.6) is 0 Å². The molecule has 0 bridgehead atoms. The quantitative estimate of drug-likeness (QED) is 0.890. The molecule has 1 amide bonds. The van der Waals surface area contributed by atoms with Crippen molar-refractivity contribution >= 4 is 27.5 Å². The first kappa shape index (κ1) is 16.4. The van der Waals surface area contributed by atoms with Crippen LogP contribution in [0.25, 0.3) is 0 Å². The summed E-state index contributed by atoms with van der Waals surface area (Å²) in [6.45, 7) is 6.16. The number of hydrogen-bond donors (Lipinski definition) is 1. The van der Waals surface area contributed by atoms with Gasteiger partial charge in [-0.15, -0.1) is 4.40 Å². The Morgan fingerprint density at radius 2 is 1.88 bits per heavy atom. The Balaban J connectivity index is 1.94. The summed E-state index contributed by atoms with van der Waals surface area (Å²) in [5.41, 5.74) is 4.04. The first-order valence-corrected chi connectivity index (χ1v) is 9.25. The molecule has 0 saturated carbocycles. The van der Waals surface area contributed by atoms with Gasteiger partial charge in [-0.2, -0.15) is 0 Å². The van der Waals surface area contributed by atoms with Gasteiger partial charge in [0.05, 0.1) is 11.3 Å². The minimum atomic E-state index is -3.52. The third-order valence-electron chi connectivity index (χ3n) is 4.02. The highest BCUT2D eigenvalue weighted by molar-refractivity contribution is 7.90. The first-order chi connectivity index (χ1) is 11.3. The van der Waals surface area contributed by atoms with Crippen LogP contribution in [0, 0.1) is 20.8 Å². The fourth-order valence-corrected chi connectivity index (χ4v) is 3.94. The van der Waals surface area contributed by atoms with Crippen molar-refractivity contribution in [3.05, 3.63) is 52.7 Å². The van der Waals surface area contributed by atoms with E-state index >= 15 is 0 Å². The van der Waals surface area contributed by atoms with Gasteiger partial charge in [0.2, 0.25) is 0 Å². The number of nitrogens with one attached hydrogen (secondary N) is 1. The molecule has 6 nitrogen and oxygen atoms in total. The SMILES string of the molecule is Cc1cc(C)c(NC(=O)C2=CC=CN3CCS(=O)(=O)N=C23)c(C)c1. The molecule has 24 heavy (non-hydrogen) atoms. The first-order valence-electron chi connectivity index (χ1n) is 7.64. The fourth-order valence-electron chi connectivity index (χ4n) is 2.95. The number of amides is 1. The molecular formula is C17H19N3O3S. The van der Waals surface area contributed by atoms with Crippen molar-refractivity contribution in [1.82, 2.24) is 4.90 Å². The van der Waals surface area contributed by atoms with E-state index in [1.807, 2.05) is 32.9 Å². The normalized spacial score (nSPS) is 18.5. The highest BCUT2D eigenvalue weighted by atomic mass is 32.2. The number of rotatable bonds is 2. The molecule has 1 aromatic carbocycles. The Morgan fingerprint density at radius 1 is 1.21 bits per heavy atom. The number of carbonyl (C=O) groups excluding carboxylic acids is 1. The molecule has 2 heterocycles. The van der Waals surface area contributed by atoms with Crippen LogP contribution in [0.3, 0.4) is 0 Å². The van der Waals surface area contributed by atoms with Gasteiger partial charge in [-0.1, -0.05) is 17.7 Å². The molecule has 3 rings (SSSR count). The molecule has 7 heteroatoms. The summed E-state index contributed by atoms with van der Waals surface area (Å²) in [4.78, 5) is 14.4. The van der Waals surface area contributed by atoms with E-state index in [0.717, 1.165) is 22.4 Å². The lowest BCUT2D eigenvalue weighted by atomic mass is 10.0. The topological polar surface area (TPSA) is 78.8 Å². The van der Waals surface area contributed by atoms with Gasteiger partial charge in [0.1, 0.15) is 0 Å². The van der Waals surface area contributed by atoms with Crippen molar-refractivity contribution in [2.24, 2.45) is 4.40 Å². The zero-order valence-corrected chi connectivity index (χ0v) is 14.6. The van der Waals surface area contributed by atoms with Crippen LogP contribution < -0.4 is 5.32 Å². The summed E-state index contributed by atoms with van der Waals surface area (Å²) < 4.78 is 27.3. The van der Waals surface area contributed by atoms with Gasteiger partial charge in [-0.3, -0.25) is 4.79 Å². The van der Waals surface area contributed by atoms with E-state index in [-0.39, 0.29) is 23.1 Å². The predicted octanol–water partition coefficient (Wildman–Crippen LogP) is 2.05. The molecule has 0 unspecified atom stereocenters. The minimum absolute atomic E-state index is 0.0497. The summed E-state index contributed by atoms with van der Waals surface area (Å²) in [7, 11) is -3.52. The number of aryl methyl sites for hydroxylation is 3. The molecule has 0 radical (unpaired) electrons. The Labute approximate surface area is 141 Å². The summed E-state index contributed by atoms with van der Waals surface area (Å²) in [5.74, 6) is -0.231. The van der Waals surface area contributed by atoms with Crippen LogP contribution in [-0.4, -0.2) is 37.4 Å². The molecule has 0 saturated heterocycles. The molecule has 0 atom stereocenters. The maximum atomic E-state index is 12.7. The van der Waals surface area contributed by atoms with Gasteiger partial charge < -0.3 is 10.2 Å². The number of sulfonamides is 1. The summed E-state index contributed by atoms with van der Waals surface area (Å²) in [6.07, 6.45) is 5.04. The molecule has 0 fully saturated rings. The Morgan fingerprint density at radius 3 is 2.54 bits per heavy atom. The molecule has 1 aromatic rings. The van der Waals surface area contributed by atoms with Crippen LogP contribution in [0.2, 0.25) is 0 Å². The maximum Gasteiger partial charge on any atom is 0.259 e. The lowest BCUT2D eigenvalue weighted by Crippen LogP contribution is -2.41. The van der Waals surface area contributed by atoms with E-state index in [2.05, 4.69) is 9.71 Å². The van der Waals surface area contributed by atoms with Gasteiger partial charge in [-0.05, 0) is 44.1 Å². The number of carbonyl (C=O) groups is 1. The molecule has 126 valence electrons. The molecular weight excluding hydrogens is 326 g/mol. The molecule has 0 aromatic heterocycles. The number of hydrogen-bond acceptors (Lipinski definition) is 4. The number of allylic oxidation sites excluding steroid dienone is 2. The maximum absolute atomic E-state index is 12.7. The Kier molecular flexibility index (Phi) is 4.04. The van der Waals surface area contributed by atoms with Crippen molar-refractivity contribution in [2.75, 3.05) is 17.6 Å². The zero-order valence-electron chi connectivity index (χ0n) is 13.8.